The number of methoxy groups -OCH3 is 2. The van der Waals surface area contributed by atoms with Gasteiger partial charge in [0.15, 0.2) is 5.78 Å². The van der Waals surface area contributed by atoms with Crippen molar-refractivity contribution in [2.24, 2.45) is 5.41 Å². The first-order chi connectivity index (χ1) is 20.2. The molecular weight excluding hydrogens is 536 g/mol. The van der Waals surface area contributed by atoms with E-state index in [1.807, 2.05) is 47.4 Å². The summed E-state index contributed by atoms with van der Waals surface area (Å²) in [6, 6.07) is 12.8. The molecule has 0 saturated carbocycles. The Morgan fingerprint density at radius 2 is 1.69 bits per heavy atom. The number of allylic oxidation sites excluding steroid dienone is 1. The van der Waals surface area contributed by atoms with E-state index in [1.54, 1.807) is 30.9 Å². The fourth-order valence-corrected chi connectivity index (χ4v) is 6.20. The normalized spacial score (nSPS) is 19.8. The largest absolute Gasteiger partial charge is 0.497 e. The number of para-hydroxylation sites is 2. The van der Waals surface area contributed by atoms with Crippen LogP contribution >= 0.6 is 0 Å². The van der Waals surface area contributed by atoms with Crippen LogP contribution in [0.15, 0.2) is 53.7 Å². The van der Waals surface area contributed by atoms with Crippen molar-refractivity contribution in [1.29, 1.82) is 0 Å². The van der Waals surface area contributed by atoms with Crippen LogP contribution in [-0.4, -0.2) is 81.1 Å². The average molecular weight is 577 g/mol. The number of hydrogen-bond acceptors (Lipinski definition) is 8. The second-order valence-electron chi connectivity index (χ2n) is 11.7. The molecule has 2 amide bonds. The molecule has 1 atom stereocenters. The van der Waals surface area contributed by atoms with Crippen LogP contribution in [0.4, 0.5) is 16.2 Å². The Hall–Kier alpha value is -4.21. The topological polar surface area (TPSA) is 101 Å². The van der Waals surface area contributed by atoms with E-state index in [-0.39, 0.29) is 29.7 Å². The van der Waals surface area contributed by atoms with Crippen molar-refractivity contribution >= 4 is 29.2 Å². The van der Waals surface area contributed by atoms with Crippen LogP contribution in [0.5, 0.6) is 11.5 Å². The van der Waals surface area contributed by atoms with Gasteiger partial charge in [-0.3, -0.25) is 9.59 Å². The molecule has 2 aliphatic heterocycles. The minimum Gasteiger partial charge on any atom is -0.497 e. The molecule has 224 valence electrons. The third-order valence-electron chi connectivity index (χ3n) is 8.20. The van der Waals surface area contributed by atoms with E-state index >= 15 is 0 Å². The maximum absolute atomic E-state index is 14.0. The number of ketones is 1. The van der Waals surface area contributed by atoms with Crippen molar-refractivity contribution in [2.75, 3.05) is 63.8 Å². The molecule has 5 rings (SSSR count). The summed E-state index contributed by atoms with van der Waals surface area (Å²) in [5.74, 6) is 1.18. The molecule has 1 fully saturated rings. The quantitative estimate of drug-likeness (QED) is 0.532. The molecule has 1 N–H and O–H groups in total. The summed E-state index contributed by atoms with van der Waals surface area (Å²) in [6.07, 6.45) is 0.716. The fourth-order valence-electron chi connectivity index (χ4n) is 6.20. The Bertz CT molecular complexity index is 1400. The standard InChI is InChI=1S/C32H40N4O6/c1-6-42-31(39)35-15-13-34(14-16-35)28(38)20-36-25-10-8-7-9-23(25)33-24-18-32(2,3)19-26(37)29(24)30(36)22-17-21(40-4)11-12-27(22)41-5/h7-12,17,30,33H,6,13-16,18-20H2,1-5H3. The average Bonchev–Trinajstić information content (AvgIpc) is 3.10. The van der Waals surface area contributed by atoms with Crippen LogP contribution in [0, 0.1) is 5.41 Å². The van der Waals surface area contributed by atoms with Crippen molar-refractivity contribution < 1.29 is 28.6 Å². The molecule has 1 saturated heterocycles. The van der Waals surface area contributed by atoms with Crippen molar-refractivity contribution in [2.45, 2.75) is 39.7 Å². The van der Waals surface area contributed by atoms with Crippen molar-refractivity contribution in [1.82, 2.24) is 9.80 Å². The van der Waals surface area contributed by atoms with Crippen LogP contribution < -0.4 is 19.7 Å². The predicted molar refractivity (Wildman–Crippen MR) is 160 cm³/mol. The van der Waals surface area contributed by atoms with E-state index in [0.717, 1.165) is 22.6 Å². The Kier molecular flexibility index (Phi) is 8.34. The number of amides is 2. The van der Waals surface area contributed by atoms with E-state index in [9.17, 15) is 14.4 Å². The van der Waals surface area contributed by atoms with Gasteiger partial charge in [-0.25, -0.2) is 4.79 Å². The maximum atomic E-state index is 14.0. The Morgan fingerprint density at radius 1 is 0.976 bits per heavy atom. The van der Waals surface area contributed by atoms with Crippen molar-refractivity contribution in [3.63, 3.8) is 0 Å². The van der Waals surface area contributed by atoms with Gasteiger partial charge in [0, 0.05) is 49.4 Å². The van der Waals surface area contributed by atoms with Gasteiger partial charge in [0.1, 0.15) is 11.5 Å². The Labute approximate surface area is 247 Å². The van der Waals surface area contributed by atoms with Crippen molar-refractivity contribution in [3.05, 3.63) is 59.3 Å². The highest BCUT2D eigenvalue weighted by Crippen LogP contribution is 2.50. The number of anilines is 2. The van der Waals surface area contributed by atoms with Gasteiger partial charge in [-0.1, -0.05) is 26.0 Å². The Morgan fingerprint density at radius 3 is 2.38 bits per heavy atom. The lowest BCUT2D eigenvalue weighted by Crippen LogP contribution is -2.53. The number of carbonyl (C=O) groups excluding carboxylic acids is 3. The highest BCUT2D eigenvalue weighted by Gasteiger charge is 2.43. The molecule has 42 heavy (non-hydrogen) atoms. The third kappa shape index (κ3) is 5.75. The van der Waals surface area contributed by atoms with E-state index in [1.165, 1.54) is 0 Å². The number of benzene rings is 2. The number of nitrogens with one attached hydrogen (secondary N) is 1. The number of hydrogen-bond donors (Lipinski definition) is 1. The molecule has 0 aromatic heterocycles. The van der Waals surface area contributed by atoms with E-state index in [2.05, 4.69) is 19.2 Å². The SMILES string of the molecule is CCOC(=O)N1CCN(C(=O)CN2c3ccccc3NC3=C(C(=O)CC(C)(C)C3)C2c2cc(OC)ccc2OC)CC1. The second kappa shape index (κ2) is 12.0. The molecule has 0 spiro atoms. The molecule has 1 unspecified atom stereocenters. The van der Waals surface area contributed by atoms with E-state index in [4.69, 9.17) is 14.2 Å². The lowest BCUT2D eigenvalue weighted by Gasteiger charge is -2.40. The van der Waals surface area contributed by atoms with Gasteiger partial charge < -0.3 is 34.2 Å². The first kappa shape index (κ1) is 29.3. The van der Waals surface area contributed by atoms with Crippen LogP contribution in [0.1, 0.15) is 45.2 Å². The molecule has 10 nitrogen and oxygen atoms in total. The van der Waals surface area contributed by atoms with Gasteiger partial charge in [0.2, 0.25) is 5.91 Å². The summed E-state index contributed by atoms with van der Waals surface area (Å²) < 4.78 is 16.6. The first-order valence-electron chi connectivity index (χ1n) is 14.5. The molecule has 10 heteroatoms. The minimum absolute atomic E-state index is 0.0244. The van der Waals surface area contributed by atoms with Crippen LogP contribution in [0.25, 0.3) is 0 Å². The second-order valence-corrected chi connectivity index (χ2v) is 11.7. The van der Waals surface area contributed by atoms with Gasteiger partial charge in [-0.2, -0.15) is 0 Å². The van der Waals surface area contributed by atoms with Crippen LogP contribution in [-0.2, 0) is 14.3 Å². The van der Waals surface area contributed by atoms with Crippen LogP contribution in [0.3, 0.4) is 0 Å². The molecule has 1 aliphatic carbocycles. The van der Waals surface area contributed by atoms with Crippen LogP contribution in [0.2, 0.25) is 0 Å². The minimum atomic E-state index is -0.602. The summed E-state index contributed by atoms with van der Waals surface area (Å²) in [5, 5.41) is 3.59. The lowest BCUT2D eigenvalue weighted by molar-refractivity contribution is -0.131. The van der Waals surface area contributed by atoms with Gasteiger partial charge in [0.05, 0.1) is 44.8 Å². The summed E-state index contributed by atoms with van der Waals surface area (Å²) in [4.78, 5) is 45.6. The predicted octanol–water partition coefficient (Wildman–Crippen LogP) is 4.62. The van der Waals surface area contributed by atoms with Gasteiger partial charge in [0.25, 0.3) is 0 Å². The molecule has 3 aliphatic rings. The van der Waals surface area contributed by atoms with Crippen molar-refractivity contribution in [3.8, 4) is 11.5 Å². The molecule has 2 aromatic rings. The fraction of sp³-hybridized carbons (Fsp3) is 0.469. The number of fused-ring (bicyclic) bond motifs is 1. The molecular formula is C32H40N4O6. The van der Waals surface area contributed by atoms with Gasteiger partial charge in [-0.05, 0) is 49.1 Å². The zero-order chi connectivity index (χ0) is 30.0. The Balaban J connectivity index is 1.59. The first-order valence-corrected chi connectivity index (χ1v) is 14.5. The number of carbonyl (C=O) groups is 3. The molecule has 2 aromatic carbocycles. The smallest absolute Gasteiger partial charge is 0.409 e. The van der Waals surface area contributed by atoms with Gasteiger partial charge in [-0.15, -0.1) is 0 Å². The summed E-state index contributed by atoms with van der Waals surface area (Å²) >= 11 is 0. The van der Waals surface area contributed by atoms with E-state index < -0.39 is 6.04 Å². The summed E-state index contributed by atoms with van der Waals surface area (Å²) in [6.45, 7) is 7.92. The molecule has 0 radical (unpaired) electrons. The number of ether oxygens (including phenoxy) is 3. The zero-order valence-corrected chi connectivity index (χ0v) is 25.1. The molecule has 0 bridgehead atoms. The highest BCUT2D eigenvalue weighted by molar-refractivity contribution is 6.02. The summed E-state index contributed by atoms with van der Waals surface area (Å²) in [7, 11) is 3.21. The number of piperazine rings is 1. The summed E-state index contributed by atoms with van der Waals surface area (Å²) in [5.41, 5.74) is 3.67. The number of rotatable bonds is 6. The third-order valence-corrected chi connectivity index (χ3v) is 8.20. The maximum Gasteiger partial charge on any atom is 0.409 e. The lowest BCUT2D eigenvalue weighted by atomic mass is 9.73. The highest BCUT2D eigenvalue weighted by atomic mass is 16.6. The molecule has 2 heterocycles. The number of Topliss-reactive ketones (excluding diaryl/α,β-unsaturated/α-hetero) is 1. The van der Waals surface area contributed by atoms with E-state index in [0.29, 0.717) is 62.7 Å². The zero-order valence-electron chi connectivity index (χ0n) is 25.1. The van der Waals surface area contributed by atoms with Gasteiger partial charge >= 0.3 is 6.09 Å². The monoisotopic (exact) mass is 576 g/mol. The number of nitrogens with zero attached hydrogens (tertiary/aromatic N) is 3.